The van der Waals surface area contributed by atoms with Crippen LogP contribution in [0, 0.1) is 24.2 Å². The molecule has 5 nitrogen and oxygen atoms in total. The van der Waals surface area contributed by atoms with E-state index in [2.05, 4.69) is 16.1 Å². The van der Waals surface area contributed by atoms with E-state index in [4.69, 9.17) is 4.74 Å². The number of aryl methyl sites for hydroxylation is 2. The van der Waals surface area contributed by atoms with Crippen LogP contribution in [0.25, 0.3) is 0 Å². The molecule has 0 aromatic carbocycles. The average molecular weight is 248 g/mol. The minimum atomic E-state index is 0.645. The Bertz CT molecular complexity index is 452. The zero-order valence-corrected chi connectivity index (χ0v) is 11.3. The normalized spacial score (nSPS) is 16.9. The first kappa shape index (κ1) is 12.9. The molecule has 0 radical (unpaired) electrons. The lowest BCUT2D eigenvalue weighted by molar-refractivity contribution is 0.139. The van der Waals surface area contributed by atoms with E-state index in [1.165, 1.54) is 0 Å². The van der Waals surface area contributed by atoms with Crippen LogP contribution in [-0.4, -0.2) is 36.6 Å². The van der Waals surface area contributed by atoms with E-state index >= 15 is 0 Å². The van der Waals surface area contributed by atoms with Crippen molar-refractivity contribution in [2.24, 2.45) is 13.0 Å². The molecule has 2 heterocycles. The summed E-state index contributed by atoms with van der Waals surface area (Å²) in [5.74, 6) is 1.61. The van der Waals surface area contributed by atoms with Gasteiger partial charge in [-0.05, 0) is 25.7 Å². The molecule has 0 aliphatic carbocycles. The molecule has 0 N–H and O–H groups in total. The van der Waals surface area contributed by atoms with Crippen LogP contribution in [-0.2, 0) is 11.8 Å². The standard InChI is InChI=1S/C13H20N4O/c1-10-12(8-14)13(16(2)15-10)17-6-4-11(5-7-17)9-18-3/h11H,4-7,9H2,1-3H3. The first-order valence-electron chi connectivity index (χ1n) is 6.35. The zero-order valence-electron chi connectivity index (χ0n) is 11.3. The van der Waals surface area contributed by atoms with Crippen LogP contribution in [0.1, 0.15) is 24.1 Å². The Morgan fingerprint density at radius 3 is 2.67 bits per heavy atom. The molecule has 1 aromatic heterocycles. The molecule has 0 spiro atoms. The zero-order chi connectivity index (χ0) is 13.1. The summed E-state index contributed by atoms with van der Waals surface area (Å²) in [5.41, 5.74) is 1.52. The van der Waals surface area contributed by atoms with Crippen molar-refractivity contribution in [3.63, 3.8) is 0 Å². The molecule has 0 bridgehead atoms. The van der Waals surface area contributed by atoms with Crippen LogP contribution in [0.3, 0.4) is 0 Å². The van der Waals surface area contributed by atoms with E-state index in [1.807, 2.05) is 18.7 Å². The van der Waals surface area contributed by atoms with Crippen molar-refractivity contribution in [3.05, 3.63) is 11.3 Å². The molecule has 1 saturated heterocycles. The summed E-state index contributed by atoms with van der Waals surface area (Å²) < 4.78 is 7.03. The number of nitrogens with zero attached hydrogens (tertiary/aromatic N) is 4. The van der Waals surface area contributed by atoms with Gasteiger partial charge in [-0.2, -0.15) is 10.4 Å². The van der Waals surface area contributed by atoms with Crippen molar-refractivity contribution in [1.82, 2.24) is 9.78 Å². The number of rotatable bonds is 3. The highest BCUT2D eigenvalue weighted by atomic mass is 16.5. The molecule has 5 heteroatoms. The first-order valence-corrected chi connectivity index (χ1v) is 6.35. The summed E-state index contributed by atoms with van der Waals surface area (Å²) in [6, 6.07) is 2.27. The number of nitriles is 1. The lowest BCUT2D eigenvalue weighted by atomic mass is 9.97. The SMILES string of the molecule is COCC1CCN(c2c(C#N)c(C)nn2C)CC1. The van der Waals surface area contributed by atoms with Crippen LogP contribution < -0.4 is 4.90 Å². The number of aromatic nitrogens is 2. The largest absolute Gasteiger partial charge is 0.384 e. The summed E-state index contributed by atoms with van der Waals surface area (Å²) in [5, 5.41) is 13.6. The molecule has 0 amide bonds. The van der Waals surface area contributed by atoms with Gasteiger partial charge >= 0.3 is 0 Å². The van der Waals surface area contributed by atoms with Gasteiger partial charge in [-0.3, -0.25) is 4.68 Å². The fraction of sp³-hybridized carbons (Fsp3) is 0.692. The van der Waals surface area contributed by atoms with Gasteiger partial charge in [0.05, 0.1) is 5.69 Å². The Morgan fingerprint density at radius 1 is 1.44 bits per heavy atom. The quantitative estimate of drug-likeness (QED) is 0.812. The Labute approximate surface area is 108 Å². The average Bonchev–Trinajstić information content (AvgIpc) is 2.65. The second-order valence-corrected chi connectivity index (χ2v) is 4.91. The van der Waals surface area contributed by atoms with Crippen molar-refractivity contribution in [2.75, 3.05) is 31.7 Å². The molecule has 2 rings (SSSR count). The second kappa shape index (κ2) is 5.40. The molecule has 1 fully saturated rings. The lowest BCUT2D eigenvalue weighted by Crippen LogP contribution is -2.36. The maximum absolute atomic E-state index is 9.23. The van der Waals surface area contributed by atoms with Gasteiger partial charge in [-0.25, -0.2) is 0 Å². The molecule has 98 valence electrons. The van der Waals surface area contributed by atoms with E-state index in [-0.39, 0.29) is 0 Å². The van der Waals surface area contributed by atoms with Crippen LogP contribution in [0.15, 0.2) is 0 Å². The van der Waals surface area contributed by atoms with Crippen molar-refractivity contribution >= 4 is 5.82 Å². The molecular formula is C13H20N4O. The summed E-state index contributed by atoms with van der Waals surface area (Å²) in [4.78, 5) is 2.27. The first-order chi connectivity index (χ1) is 8.67. The molecule has 0 unspecified atom stereocenters. The Hall–Kier alpha value is -1.54. The van der Waals surface area contributed by atoms with E-state index in [9.17, 15) is 5.26 Å². The fourth-order valence-electron chi connectivity index (χ4n) is 2.69. The topological polar surface area (TPSA) is 54.1 Å². The van der Waals surface area contributed by atoms with Gasteiger partial charge in [0, 0.05) is 33.9 Å². The molecule has 1 aliphatic rings. The minimum Gasteiger partial charge on any atom is -0.384 e. The lowest BCUT2D eigenvalue weighted by Gasteiger charge is -2.33. The predicted octanol–water partition coefficient (Wildman–Crippen LogP) is 1.46. The highest BCUT2D eigenvalue weighted by Crippen LogP contribution is 2.27. The van der Waals surface area contributed by atoms with Gasteiger partial charge in [0.1, 0.15) is 17.5 Å². The third kappa shape index (κ3) is 2.34. The second-order valence-electron chi connectivity index (χ2n) is 4.91. The molecule has 1 aliphatic heterocycles. The highest BCUT2D eigenvalue weighted by molar-refractivity contribution is 5.57. The third-order valence-electron chi connectivity index (χ3n) is 3.62. The highest BCUT2D eigenvalue weighted by Gasteiger charge is 2.24. The van der Waals surface area contributed by atoms with Crippen LogP contribution in [0.5, 0.6) is 0 Å². The van der Waals surface area contributed by atoms with Gasteiger partial charge in [0.15, 0.2) is 0 Å². The van der Waals surface area contributed by atoms with Gasteiger partial charge in [-0.15, -0.1) is 0 Å². The molecular weight excluding hydrogens is 228 g/mol. The van der Waals surface area contributed by atoms with Gasteiger partial charge in [-0.1, -0.05) is 0 Å². The molecule has 1 aromatic rings. The summed E-state index contributed by atoms with van der Waals surface area (Å²) >= 11 is 0. The molecule has 0 atom stereocenters. The summed E-state index contributed by atoms with van der Waals surface area (Å²) in [6.45, 7) is 4.67. The van der Waals surface area contributed by atoms with Crippen molar-refractivity contribution in [1.29, 1.82) is 5.26 Å². The third-order valence-corrected chi connectivity index (χ3v) is 3.62. The molecule has 18 heavy (non-hydrogen) atoms. The van der Waals surface area contributed by atoms with Crippen LogP contribution in [0.2, 0.25) is 0 Å². The van der Waals surface area contributed by atoms with Crippen LogP contribution >= 0.6 is 0 Å². The number of methoxy groups -OCH3 is 1. The minimum absolute atomic E-state index is 0.645. The van der Waals surface area contributed by atoms with E-state index in [1.54, 1.807) is 7.11 Å². The van der Waals surface area contributed by atoms with Crippen molar-refractivity contribution < 1.29 is 4.74 Å². The Kier molecular flexibility index (Phi) is 3.87. The van der Waals surface area contributed by atoms with Crippen molar-refractivity contribution in [2.45, 2.75) is 19.8 Å². The fourth-order valence-corrected chi connectivity index (χ4v) is 2.69. The predicted molar refractivity (Wildman–Crippen MR) is 69.5 cm³/mol. The Balaban J connectivity index is 2.13. The van der Waals surface area contributed by atoms with Gasteiger partial charge in [0.2, 0.25) is 0 Å². The van der Waals surface area contributed by atoms with E-state index in [0.29, 0.717) is 11.5 Å². The number of piperidine rings is 1. The number of anilines is 1. The van der Waals surface area contributed by atoms with E-state index in [0.717, 1.165) is 44.0 Å². The monoisotopic (exact) mass is 248 g/mol. The number of hydrogen-bond acceptors (Lipinski definition) is 4. The smallest absolute Gasteiger partial charge is 0.144 e. The van der Waals surface area contributed by atoms with E-state index < -0.39 is 0 Å². The number of hydrogen-bond donors (Lipinski definition) is 0. The number of ether oxygens (including phenoxy) is 1. The summed E-state index contributed by atoms with van der Waals surface area (Å²) in [6.07, 6.45) is 2.23. The van der Waals surface area contributed by atoms with Gasteiger partial charge in [0.25, 0.3) is 0 Å². The maximum Gasteiger partial charge on any atom is 0.144 e. The maximum atomic E-state index is 9.23. The molecule has 0 saturated carbocycles. The van der Waals surface area contributed by atoms with Crippen LogP contribution in [0.4, 0.5) is 5.82 Å². The Morgan fingerprint density at radius 2 is 2.11 bits per heavy atom. The summed E-state index contributed by atoms with van der Waals surface area (Å²) in [7, 11) is 3.66. The van der Waals surface area contributed by atoms with Gasteiger partial charge < -0.3 is 9.64 Å². The van der Waals surface area contributed by atoms with Crippen molar-refractivity contribution in [3.8, 4) is 6.07 Å².